The van der Waals surface area contributed by atoms with E-state index in [1.165, 1.54) is 56.7 Å². The summed E-state index contributed by atoms with van der Waals surface area (Å²) in [6, 6.07) is 11.5. The van der Waals surface area contributed by atoms with Crippen molar-refractivity contribution >= 4 is 0 Å². The summed E-state index contributed by atoms with van der Waals surface area (Å²) in [4.78, 5) is 9.68. The van der Waals surface area contributed by atoms with Gasteiger partial charge >= 0.3 is 0 Å². The summed E-state index contributed by atoms with van der Waals surface area (Å²) in [5.41, 5.74) is 1.46. The van der Waals surface area contributed by atoms with Crippen LogP contribution in [0.2, 0.25) is 0 Å². The number of likely N-dealkylation sites (N-methyl/N-ethyl adjacent to an activating group) is 1. The molecular weight excluding hydrogens is 308 g/mol. The van der Waals surface area contributed by atoms with Crippen molar-refractivity contribution in [3.8, 4) is 0 Å². The normalized spacial score (nSPS) is 18.8. The van der Waals surface area contributed by atoms with Crippen molar-refractivity contribution in [1.29, 1.82) is 0 Å². The van der Waals surface area contributed by atoms with Crippen LogP contribution in [-0.4, -0.2) is 52.1 Å². The third kappa shape index (κ3) is 5.16. The lowest BCUT2D eigenvalue weighted by Gasteiger charge is -2.37. The first-order valence-corrected chi connectivity index (χ1v) is 9.72. The van der Waals surface area contributed by atoms with E-state index in [0.717, 1.165) is 13.1 Å². The molecule has 0 amide bonds. The van der Waals surface area contributed by atoms with Crippen molar-refractivity contribution in [3.63, 3.8) is 0 Å². The number of hydrogen-bond acceptors (Lipinski definition) is 3. The van der Waals surface area contributed by atoms with Crippen LogP contribution in [0, 0.1) is 0 Å². The summed E-state index contributed by atoms with van der Waals surface area (Å²) < 4.78 is 2.25. The average molecular weight is 341 g/mol. The van der Waals surface area contributed by atoms with E-state index in [4.69, 9.17) is 0 Å². The first-order chi connectivity index (χ1) is 12.3. The Hall–Kier alpha value is -1.65. The molecule has 25 heavy (non-hydrogen) atoms. The zero-order chi connectivity index (χ0) is 17.5. The smallest absolute Gasteiger partial charge is 0.122 e. The fraction of sp³-hybridized carbons (Fsp3) is 0.571. The fourth-order valence-corrected chi connectivity index (χ4v) is 3.88. The van der Waals surface area contributed by atoms with Gasteiger partial charge < -0.3 is 9.47 Å². The molecule has 1 atom stereocenters. The number of imidazole rings is 1. The molecule has 1 aromatic carbocycles. The number of benzene rings is 1. The molecule has 1 fully saturated rings. The van der Waals surface area contributed by atoms with Crippen LogP contribution in [0.3, 0.4) is 0 Å². The van der Waals surface area contributed by atoms with Crippen LogP contribution < -0.4 is 0 Å². The van der Waals surface area contributed by atoms with Gasteiger partial charge in [0.1, 0.15) is 5.82 Å². The van der Waals surface area contributed by atoms with Crippen LogP contribution in [0.15, 0.2) is 42.7 Å². The molecule has 1 saturated heterocycles. The van der Waals surface area contributed by atoms with E-state index < -0.39 is 0 Å². The Morgan fingerprint density at radius 3 is 2.88 bits per heavy atom. The van der Waals surface area contributed by atoms with Gasteiger partial charge in [-0.3, -0.25) is 4.90 Å². The molecule has 1 aromatic heterocycles. The van der Waals surface area contributed by atoms with Gasteiger partial charge in [-0.1, -0.05) is 30.3 Å². The molecule has 4 nitrogen and oxygen atoms in total. The average Bonchev–Trinajstić information content (AvgIpc) is 3.10. The topological polar surface area (TPSA) is 24.3 Å². The Labute approximate surface area is 152 Å². The minimum absolute atomic E-state index is 0.646. The van der Waals surface area contributed by atoms with Gasteiger partial charge in [0.05, 0.1) is 6.54 Å². The molecule has 1 aliphatic rings. The van der Waals surface area contributed by atoms with Crippen molar-refractivity contribution in [2.24, 2.45) is 0 Å². The van der Waals surface area contributed by atoms with E-state index in [2.05, 4.69) is 69.9 Å². The van der Waals surface area contributed by atoms with Gasteiger partial charge in [-0.05, 0) is 58.3 Å². The lowest BCUT2D eigenvalue weighted by Crippen LogP contribution is -2.46. The lowest BCUT2D eigenvalue weighted by atomic mass is 10.0. The van der Waals surface area contributed by atoms with Gasteiger partial charge in [-0.25, -0.2) is 4.98 Å². The second kappa shape index (κ2) is 9.16. The summed E-state index contributed by atoms with van der Waals surface area (Å²) in [7, 11) is 2.26. The molecule has 4 heteroatoms. The Kier molecular flexibility index (Phi) is 6.65. The monoisotopic (exact) mass is 340 g/mol. The van der Waals surface area contributed by atoms with Crippen molar-refractivity contribution < 1.29 is 0 Å². The van der Waals surface area contributed by atoms with Gasteiger partial charge in [0.15, 0.2) is 0 Å². The first-order valence-electron chi connectivity index (χ1n) is 9.72. The van der Waals surface area contributed by atoms with E-state index in [1.54, 1.807) is 0 Å². The summed E-state index contributed by atoms with van der Waals surface area (Å²) in [6.45, 7) is 7.78. The molecule has 0 unspecified atom stereocenters. The third-order valence-electron chi connectivity index (χ3n) is 5.42. The number of nitrogens with zero attached hydrogens (tertiary/aromatic N) is 4. The largest absolute Gasteiger partial charge is 0.334 e. The predicted molar refractivity (Wildman–Crippen MR) is 104 cm³/mol. The first kappa shape index (κ1) is 18.2. The number of aromatic nitrogens is 2. The highest BCUT2D eigenvalue weighted by atomic mass is 15.2. The van der Waals surface area contributed by atoms with Crippen LogP contribution in [0.25, 0.3) is 0 Å². The molecule has 0 aliphatic carbocycles. The molecule has 1 aliphatic heterocycles. The Morgan fingerprint density at radius 2 is 2.08 bits per heavy atom. The number of hydrogen-bond donors (Lipinski definition) is 0. The summed E-state index contributed by atoms with van der Waals surface area (Å²) >= 11 is 0. The van der Waals surface area contributed by atoms with Crippen LogP contribution >= 0.6 is 0 Å². The van der Waals surface area contributed by atoms with Gasteiger partial charge in [-0.15, -0.1) is 0 Å². The highest BCUT2D eigenvalue weighted by Gasteiger charge is 2.23. The van der Waals surface area contributed by atoms with E-state index in [0.29, 0.717) is 6.04 Å². The Morgan fingerprint density at radius 1 is 1.24 bits per heavy atom. The molecule has 2 heterocycles. The summed E-state index contributed by atoms with van der Waals surface area (Å²) in [5.74, 6) is 1.19. The van der Waals surface area contributed by atoms with Crippen LogP contribution in [0.1, 0.15) is 37.6 Å². The quantitative estimate of drug-likeness (QED) is 0.736. The second-order valence-electron chi connectivity index (χ2n) is 7.23. The van der Waals surface area contributed by atoms with E-state index in [-0.39, 0.29) is 0 Å². The van der Waals surface area contributed by atoms with E-state index in [1.807, 2.05) is 6.20 Å². The molecule has 0 spiro atoms. The number of piperidine rings is 1. The number of rotatable bonds is 8. The minimum atomic E-state index is 0.646. The molecule has 0 bridgehead atoms. The fourth-order valence-electron chi connectivity index (χ4n) is 3.88. The maximum absolute atomic E-state index is 4.53. The highest BCUT2D eigenvalue weighted by molar-refractivity contribution is 5.14. The Bertz CT molecular complexity index is 622. The SMILES string of the molecule is CCn1ccnc1CN(C)[C@H]1CCCN(CCCc2ccccc2)C1. The maximum Gasteiger partial charge on any atom is 0.122 e. The van der Waals surface area contributed by atoms with Gasteiger partial charge in [0, 0.05) is 31.5 Å². The van der Waals surface area contributed by atoms with Crippen LogP contribution in [-0.2, 0) is 19.5 Å². The van der Waals surface area contributed by atoms with Crippen molar-refractivity contribution in [2.75, 3.05) is 26.7 Å². The van der Waals surface area contributed by atoms with Crippen LogP contribution in [0.4, 0.5) is 0 Å². The summed E-state index contributed by atoms with van der Waals surface area (Å²) in [5, 5.41) is 0. The van der Waals surface area contributed by atoms with E-state index in [9.17, 15) is 0 Å². The molecule has 3 rings (SSSR count). The molecule has 0 N–H and O–H groups in total. The molecule has 0 saturated carbocycles. The molecule has 2 aromatic rings. The molecule has 136 valence electrons. The zero-order valence-electron chi connectivity index (χ0n) is 15.8. The third-order valence-corrected chi connectivity index (χ3v) is 5.42. The van der Waals surface area contributed by atoms with Crippen molar-refractivity contribution in [3.05, 3.63) is 54.1 Å². The molecule has 0 radical (unpaired) electrons. The maximum atomic E-state index is 4.53. The van der Waals surface area contributed by atoms with E-state index >= 15 is 0 Å². The predicted octanol–water partition coefficient (Wildman–Crippen LogP) is 3.43. The van der Waals surface area contributed by atoms with Gasteiger partial charge in [-0.2, -0.15) is 0 Å². The van der Waals surface area contributed by atoms with Crippen LogP contribution in [0.5, 0.6) is 0 Å². The lowest BCUT2D eigenvalue weighted by molar-refractivity contribution is 0.108. The molecular formula is C21H32N4. The standard InChI is InChI=1S/C21H32N4/c1-3-25-16-13-22-21(25)18-23(2)20-12-8-15-24(17-20)14-7-11-19-9-5-4-6-10-19/h4-6,9-10,13,16,20H,3,7-8,11-12,14-15,17-18H2,1-2H3/t20-/m0/s1. The number of likely N-dealkylation sites (tertiary alicyclic amines) is 1. The van der Waals surface area contributed by atoms with Crippen molar-refractivity contribution in [2.45, 2.75) is 51.7 Å². The highest BCUT2D eigenvalue weighted by Crippen LogP contribution is 2.17. The van der Waals surface area contributed by atoms with Gasteiger partial charge in [0.2, 0.25) is 0 Å². The minimum Gasteiger partial charge on any atom is -0.334 e. The second-order valence-corrected chi connectivity index (χ2v) is 7.23. The zero-order valence-corrected chi connectivity index (χ0v) is 15.8. The van der Waals surface area contributed by atoms with Crippen molar-refractivity contribution in [1.82, 2.24) is 19.4 Å². The summed E-state index contributed by atoms with van der Waals surface area (Å²) in [6.07, 6.45) is 9.05. The number of aryl methyl sites for hydroxylation is 2. The Balaban J connectivity index is 1.45. The van der Waals surface area contributed by atoms with Gasteiger partial charge in [0.25, 0.3) is 0 Å².